The van der Waals surface area contributed by atoms with Crippen molar-refractivity contribution in [3.05, 3.63) is 89.6 Å². The topological polar surface area (TPSA) is 101 Å². The fourth-order valence-electron chi connectivity index (χ4n) is 3.30. The Labute approximate surface area is 193 Å². The number of aromatic nitrogens is 1. The average molecular weight is 448 g/mol. The van der Waals surface area contributed by atoms with Crippen LogP contribution in [0.4, 0.5) is 5.82 Å². The van der Waals surface area contributed by atoms with Gasteiger partial charge in [0.25, 0.3) is 5.91 Å². The van der Waals surface area contributed by atoms with Crippen molar-refractivity contribution in [2.45, 2.75) is 32.2 Å². The van der Waals surface area contributed by atoms with Crippen LogP contribution in [0.3, 0.4) is 0 Å². The van der Waals surface area contributed by atoms with Gasteiger partial charge in [-0.25, -0.2) is 4.98 Å². The quantitative estimate of drug-likeness (QED) is 0.362. The molecule has 3 N–H and O–H groups in total. The smallest absolute Gasteiger partial charge is 0.305 e. The number of hydrogen-bond acceptors (Lipinski definition) is 5. The van der Waals surface area contributed by atoms with Crippen LogP contribution < -0.4 is 15.4 Å². The van der Waals surface area contributed by atoms with Crippen LogP contribution in [0, 0.1) is 6.92 Å². The Kier molecular flexibility index (Phi) is 8.82. The van der Waals surface area contributed by atoms with E-state index in [1.54, 1.807) is 24.3 Å². The van der Waals surface area contributed by atoms with Gasteiger partial charge < -0.3 is 20.5 Å². The number of ether oxygens (including phenoxy) is 1. The third-order valence-corrected chi connectivity index (χ3v) is 5.00. The number of carboxylic acids is 1. The third kappa shape index (κ3) is 8.29. The van der Waals surface area contributed by atoms with Crippen molar-refractivity contribution in [1.82, 2.24) is 10.3 Å². The van der Waals surface area contributed by atoms with E-state index in [1.165, 1.54) is 0 Å². The van der Waals surface area contributed by atoms with Crippen LogP contribution in [0.15, 0.2) is 72.9 Å². The molecule has 0 aliphatic carbocycles. The summed E-state index contributed by atoms with van der Waals surface area (Å²) in [4.78, 5) is 28.0. The molecule has 2 aromatic carbocycles. The molecule has 33 heavy (non-hydrogen) atoms. The Hall–Kier alpha value is -3.87. The molecule has 1 heterocycles. The van der Waals surface area contributed by atoms with Crippen molar-refractivity contribution in [1.29, 1.82) is 0 Å². The van der Waals surface area contributed by atoms with Crippen LogP contribution in [0.2, 0.25) is 0 Å². The molecule has 3 rings (SSSR count). The number of nitrogens with one attached hydrogen (secondary N) is 2. The first-order valence-electron chi connectivity index (χ1n) is 11.0. The van der Waals surface area contributed by atoms with E-state index < -0.39 is 12.0 Å². The highest BCUT2D eigenvalue weighted by atomic mass is 16.5. The summed E-state index contributed by atoms with van der Waals surface area (Å²) in [6.07, 6.45) is 2.91. The van der Waals surface area contributed by atoms with Gasteiger partial charge in [0.1, 0.15) is 11.6 Å². The van der Waals surface area contributed by atoms with Gasteiger partial charge in [-0.2, -0.15) is 0 Å². The predicted octanol–water partition coefficient (Wildman–Crippen LogP) is 4.09. The van der Waals surface area contributed by atoms with Crippen LogP contribution in [0.5, 0.6) is 5.75 Å². The molecule has 0 unspecified atom stereocenters. The normalized spacial score (nSPS) is 11.4. The number of carboxylic acid groups (broad SMARTS) is 1. The highest BCUT2D eigenvalue weighted by molar-refractivity contribution is 5.94. The summed E-state index contributed by atoms with van der Waals surface area (Å²) in [7, 11) is 0. The largest absolute Gasteiger partial charge is 0.494 e. The summed E-state index contributed by atoms with van der Waals surface area (Å²) < 4.78 is 5.79. The minimum atomic E-state index is -0.956. The molecule has 0 radical (unpaired) electrons. The zero-order valence-electron chi connectivity index (χ0n) is 18.7. The van der Waals surface area contributed by atoms with Gasteiger partial charge in [-0.05, 0) is 61.2 Å². The zero-order valence-corrected chi connectivity index (χ0v) is 18.7. The van der Waals surface area contributed by atoms with E-state index in [2.05, 4.69) is 15.6 Å². The number of aliphatic carboxylic acids is 1. The molecule has 172 valence electrons. The highest BCUT2D eigenvalue weighted by Gasteiger charge is 2.17. The zero-order chi connectivity index (χ0) is 23.5. The summed E-state index contributed by atoms with van der Waals surface area (Å²) in [5.74, 6) is 0.356. The standard InChI is InChI=1S/C26H29N3O4/c1-19-8-13-24(28-18-19)27-14-5-15-33-23-11-9-20(10-12-23)16-22(17-25(30)31)29-26(32)21-6-3-2-4-7-21/h2-4,6-13,18,22H,5,14-17H2,1H3,(H,27,28)(H,29,32)(H,30,31)/t22-/m0/s1. The van der Waals surface area contributed by atoms with Gasteiger partial charge in [-0.15, -0.1) is 0 Å². The maximum atomic E-state index is 12.4. The Morgan fingerprint density at radius 2 is 1.79 bits per heavy atom. The first-order valence-corrected chi connectivity index (χ1v) is 11.0. The molecule has 0 fully saturated rings. The Morgan fingerprint density at radius 3 is 2.45 bits per heavy atom. The van der Waals surface area contributed by atoms with E-state index in [-0.39, 0.29) is 12.3 Å². The van der Waals surface area contributed by atoms with Crippen LogP contribution in [0.1, 0.15) is 34.3 Å². The Bertz CT molecular complexity index is 1020. The molecular formula is C26H29N3O4. The fraction of sp³-hybridized carbons (Fsp3) is 0.269. The molecule has 7 nitrogen and oxygen atoms in total. The monoisotopic (exact) mass is 447 g/mol. The summed E-state index contributed by atoms with van der Waals surface area (Å²) in [5.41, 5.74) is 2.55. The van der Waals surface area contributed by atoms with Crippen molar-refractivity contribution in [3.8, 4) is 5.75 Å². The number of nitrogens with zero attached hydrogens (tertiary/aromatic N) is 1. The number of aryl methyl sites for hydroxylation is 1. The van der Waals surface area contributed by atoms with Crippen LogP contribution in [-0.4, -0.2) is 41.2 Å². The number of carbonyl (C=O) groups is 2. The molecule has 0 aliphatic rings. The summed E-state index contributed by atoms with van der Waals surface area (Å²) in [6.45, 7) is 3.32. The van der Waals surface area contributed by atoms with Crippen molar-refractivity contribution >= 4 is 17.7 Å². The molecule has 3 aromatic rings. The number of amides is 1. The molecule has 1 aromatic heterocycles. The maximum absolute atomic E-state index is 12.4. The minimum absolute atomic E-state index is 0.153. The number of hydrogen-bond donors (Lipinski definition) is 3. The predicted molar refractivity (Wildman–Crippen MR) is 128 cm³/mol. The van der Waals surface area contributed by atoms with Gasteiger partial charge in [0.15, 0.2) is 0 Å². The van der Waals surface area contributed by atoms with Crippen molar-refractivity contribution in [3.63, 3.8) is 0 Å². The molecule has 1 atom stereocenters. The van der Waals surface area contributed by atoms with E-state index in [0.29, 0.717) is 18.6 Å². The van der Waals surface area contributed by atoms with Gasteiger partial charge in [0.2, 0.25) is 0 Å². The first-order chi connectivity index (χ1) is 16.0. The Morgan fingerprint density at radius 1 is 1.03 bits per heavy atom. The van der Waals surface area contributed by atoms with Gasteiger partial charge in [0, 0.05) is 24.3 Å². The van der Waals surface area contributed by atoms with Crippen molar-refractivity contribution in [2.75, 3.05) is 18.5 Å². The van der Waals surface area contributed by atoms with E-state index in [9.17, 15) is 14.7 Å². The van der Waals surface area contributed by atoms with E-state index in [0.717, 1.165) is 35.7 Å². The van der Waals surface area contributed by atoms with Crippen LogP contribution >= 0.6 is 0 Å². The second-order valence-electron chi connectivity index (χ2n) is 7.83. The SMILES string of the molecule is Cc1ccc(NCCCOc2ccc(C[C@@H](CC(=O)O)NC(=O)c3ccccc3)cc2)nc1. The van der Waals surface area contributed by atoms with Crippen molar-refractivity contribution < 1.29 is 19.4 Å². The number of anilines is 1. The molecule has 0 bridgehead atoms. The molecule has 7 heteroatoms. The van der Waals surface area contributed by atoms with Gasteiger partial charge in [-0.1, -0.05) is 36.4 Å². The van der Waals surface area contributed by atoms with E-state index >= 15 is 0 Å². The lowest BCUT2D eigenvalue weighted by Crippen LogP contribution is -2.38. The summed E-state index contributed by atoms with van der Waals surface area (Å²) in [6, 6.07) is 19.7. The number of pyridine rings is 1. The minimum Gasteiger partial charge on any atom is -0.494 e. The second-order valence-corrected chi connectivity index (χ2v) is 7.83. The van der Waals surface area contributed by atoms with Gasteiger partial charge >= 0.3 is 5.97 Å². The molecule has 1 amide bonds. The molecule has 0 saturated carbocycles. The van der Waals surface area contributed by atoms with Crippen LogP contribution in [0.25, 0.3) is 0 Å². The van der Waals surface area contributed by atoms with Crippen LogP contribution in [-0.2, 0) is 11.2 Å². The highest BCUT2D eigenvalue weighted by Crippen LogP contribution is 2.15. The summed E-state index contributed by atoms with van der Waals surface area (Å²) in [5, 5.41) is 15.3. The van der Waals surface area contributed by atoms with E-state index in [1.807, 2.05) is 55.6 Å². The molecule has 0 spiro atoms. The first kappa shape index (κ1) is 23.8. The number of benzene rings is 2. The fourth-order valence-corrected chi connectivity index (χ4v) is 3.30. The maximum Gasteiger partial charge on any atom is 0.305 e. The van der Waals surface area contributed by atoms with E-state index in [4.69, 9.17) is 4.74 Å². The number of rotatable bonds is 12. The second kappa shape index (κ2) is 12.2. The lowest BCUT2D eigenvalue weighted by molar-refractivity contribution is -0.137. The molecular weight excluding hydrogens is 418 g/mol. The number of carbonyl (C=O) groups excluding carboxylic acids is 1. The molecule has 0 saturated heterocycles. The third-order valence-electron chi connectivity index (χ3n) is 5.00. The average Bonchev–Trinajstić information content (AvgIpc) is 2.81. The van der Waals surface area contributed by atoms with Gasteiger partial charge in [-0.3, -0.25) is 9.59 Å². The molecule has 0 aliphatic heterocycles. The Balaban J connectivity index is 1.45. The van der Waals surface area contributed by atoms with Gasteiger partial charge in [0.05, 0.1) is 13.0 Å². The lowest BCUT2D eigenvalue weighted by Gasteiger charge is -2.17. The van der Waals surface area contributed by atoms with Crippen molar-refractivity contribution in [2.24, 2.45) is 0 Å². The summed E-state index contributed by atoms with van der Waals surface area (Å²) >= 11 is 0. The lowest BCUT2D eigenvalue weighted by atomic mass is 10.0.